The van der Waals surface area contributed by atoms with E-state index in [4.69, 9.17) is 21.1 Å². The quantitative estimate of drug-likeness (QED) is 0.170. The van der Waals surface area contributed by atoms with E-state index in [9.17, 15) is 26.7 Å². The van der Waals surface area contributed by atoms with Gasteiger partial charge in [-0.1, -0.05) is 48.0 Å². The number of sulfonamides is 1. The number of ether oxygens (including phenoxy) is 2. The molecule has 7 nitrogen and oxygen atoms in total. The average molecular weight is 663 g/mol. The third kappa shape index (κ3) is 6.00. The van der Waals surface area contributed by atoms with Crippen molar-refractivity contribution < 1.29 is 36.2 Å². The van der Waals surface area contributed by atoms with Crippen molar-refractivity contribution in [3.05, 3.63) is 106 Å². The van der Waals surface area contributed by atoms with Crippen LogP contribution in [0, 0.1) is 0 Å². The van der Waals surface area contributed by atoms with Gasteiger partial charge in [0.2, 0.25) is 10.0 Å². The Bertz CT molecular complexity index is 1940. The van der Waals surface area contributed by atoms with Crippen LogP contribution in [0.4, 0.5) is 13.2 Å². The molecule has 0 aliphatic rings. The average Bonchev–Trinajstić information content (AvgIpc) is 3.44. The van der Waals surface area contributed by atoms with Crippen LogP contribution in [-0.4, -0.2) is 38.9 Å². The zero-order chi connectivity index (χ0) is 31.9. The number of benzene rings is 3. The highest BCUT2D eigenvalue weighted by molar-refractivity contribution is 7.89. The number of nitrogens with zero attached hydrogens (tertiary/aromatic N) is 1. The smallest absolute Gasteiger partial charge is 0.421 e. The van der Waals surface area contributed by atoms with Crippen molar-refractivity contribution in [3.8, 4) is 22.8 Å². The maximum Gasteiger partial charge on any atom is 0.421 e. The van der Waals surface area contributed by atoms with E-state index in [2.05, 4.69) is 9.71 Å². The molecule has 230 valence electrons. The summed E-state index contributed by atoms with van der Waals surface area (Å²) in [5, 5.41) is 11.3. The fourth-order valence-corrected chi connectivity index (χ4v) is 7.44. The summed E-state index contributed by atoms with van der Waals surface area (Å²) in [6.07, 6.45) is -3.69. The lowest BCUT2D eigenvalue weighted by atomic mass is 9.94. The van der Waals surface area contributed by atoms with E-state index in [1.54, 1.807) is 48.5 Å². The Balaban J connectivity index is 1.62. The number of hydrogen-bond donors (Lipinski definition) is 2. The van der Waals surface area contributed by atoms with E-state index in [1.807, 2.05) is 0 Å². The van der Waals surface area contributed by atoms with E-state index >= 15 is 0 Å². The number of alkyl halides is 3. The molecular formula is C31H26ClF3N2O5S2. The standard InChI is InChI=1S/C31H26ClF3N2O5S2/c1-30(38,31(33,34)35)19-13-14-36-24(16-19)22-9-6-7-18-15-27(43-29(18)22)28(21-8-4-5-10-23(21)32)37-44(39,40)20-11-12-25(41-2)26(17-20)42-3/h4-17,28,37-38H,1-3H3/t28?,30-/m0/s1. The van der Waals surface area contributed by atoms with Crippen LogP contribution in [-0.2, 0) is 15.6 Å². The second-order valence-corrected chi connectivity index (χ2v) is 13.2. The van der Waals surface area contributed by atoms with Crippen LogP contribution in [0.5, 0.6) is 11.5 Å². The van der Waals surface area contributed by atoms with Crippen molar-refractivity contribution in [1.29, 1.82) is 0 Å². The summed E-state index contributed by atoms with van der Waals surface area (Å²) in [6, 6.07) is 19.5. The molecule has 3 aromatic carbocycles. The molecule has 2 heterocycles. The summed E-state index contributed by atoms with van der Waals surface area (Å²) in [6.45, 7) is 0.689. The molecule has 0 bridgehead atoms. The lowest BCUT2D eigenvalue weighted by molar-refractivity contribution is -0.258. The van der Waals surface area contributed by atoms with Crippen LogP contribution in [0.25, 0.3) is 21.3 Å². The molecule has 5 aromatic rings. The van der Waals surface area contributed by atoms with Gasteiger partial charge in [-0.2, -0.15) is 17.9 Å². The highest BCUT2D eigenvalue weighted by Gasteiger charge is 2.51. The van der Waals surface area contributed by atoms with Gasteiger partial charge in [-0.3, -0.25) is 4.98 Å². The van der Waals surface area contributed by atoms with Crippen molar-refractivity contribution in [2.45, 2.75) is 29.6 Å². The second kappa shape index (κ2) is 12.0. The van der Waals surface area contributed by atoms with Crippen LogP contribution in [0.2, 0.25) is 5.02 Å². The number of rotatable bonds is 9. The first-order valence-electron chi connectivity index (χ1n) is 13.0. The Labute approximate surface area is 260 Å². The van der Waals surface area contributed by atoms with Crippen molar-refractivity contribution in [3.63, 3.8) is 0 Å². The predicted octanol–water partition coefficient (Wildman–Crippen LogP) is 7.47. The first-order valence-corrected chi connectivity index (χ1v) is 15.7. The molecule has 0 saturated heterocycles. The summed E-state index contributed by atoms with van der Waals surface area (Å²) >= 11 is 7.81. The lowest BCUT2D eigenvalue weighted by Gasteiger charge is -2.26. The third-order valence-electron chi connectivity index (χ3n) is 7.15. The monoisotopic (exact) mass is 662 g/mol. The van der Waals surface area contributed by atoms with E-state index in [-0.39, 0.29) is 21.9 Å². The first-order chi connectivity index (χ1) is 20.8. The summed E-state index contributed by atoms with van der Waals surface area (Å²) in [5.41, 5.74) is -2.23. The number of aromatic nitrogens is 1. The number of methoxy groups -OCH3 is 2. The van der Waals surface area contributed by atoms with Crippen LogP contribution in [0.15, 0.2) is 90.0 Å². The van der Waals surface area contributed by atoms with Gasteiger partial charge in [-0.05, 0) is 59.8 Å². The van der Waals surface area contributed by atoms with Gasteiger partial charge in [-0.15, -0.1) is 11.3 Å². The van der Waals surface area contributed by atoms with Gasteiger partial charge < -0.3 is 14.6 Å². The Morgan fingerprint density at radius 2 is 1.68 bits per heavy atom. The molecule has 0 radical (unpaired) electrons. The minimum atomic E-state index is -4.90. The number of halogens is 4. The van der Waals surface area contributed by atoms with Crippen LogP contribution in [0.3, 0.4) is 0 Å². The van der Waals surface area contributed by atoms with Gasteiger partial charge in [0.05, 0.1) is 30.9 Å². The van der Waals surface area contributed by atoms with Crippen LogP contribution < -0.4 is 14.2 Å². The van der Waals surface area contributed by atoms with Gasteiger partial charge in [0.1, 0.15) is 0 Å². The second-order valence-electron chi connectivity index (χ2n) is 9.97. The van der Waals surface area contributed by atoms with Gasteiger partial charge in [0.25, 0.3) is 0 Å². The molecule has 1 unspecified atom stereocenters. The topological polar surface area (TPSA) is 97.8 Å². The van der Waals surface area contributed by atoms with Gasteiger partial charge in [0.15, 0.2) is 17.1 Å². The Morgan fingerprint density at radius 1 is 0.955 bits per heavy atom. The number of hydrogen-bond acceptors (Lipinski definition) is 7. The first kappa shape index (κ1) is 31.7. The van der Waals surface area contributed by atoms with E-state index in [1.165, 1.54) is 56.0 Å². The molecule has 2 N–H and O–H groups in total. The number of fused-ring (bicyclic) bond motifs is 1. The Hall–Kier alpha value is -3.68. The fourth-order valence-electron chi connectivity index (χ4n) is 4.66. The van der Waals surface area contributed by atoms with Gasteiger partial charge >= 0.3 is 6.18 Å². The molecule has 0 saturated carbocycles. The minimum Gasteiger partial charge on any atom is -0.493 e. The van der Waals surface area contributed by atoms with Crippen molar-refractivity contribution in [1.82, 2.24) is 9.71 Å². The molecular weight excluding hydrogens is 637 g/mol. The number of nitrogens with one attached hydrogen (secondary N) is 1. The highest BCUT2D eigenvalue weighted by Crippen LogP contribution is 2.43. The zero-order valence-corrected chi connectivity index (χ0v) is 25.9. The highest BCUT2D eigenvalue weighted by atomic mass is 35.5. The largest absolute Gasteiger partial charge is 0.493 e. The Morgan fingerprint density at radius 3 is 2.36 bits per heavy atom. The van der Waals surface area contributed by atoms with Crippen LogP contribution in [0.1, 0.15) is 29.0 Å². The molecule has 13 heteroatoms. The number of aliphatic hydroxyl groups is 1. The molecule has 0 amide bonds. The van der Waals surface area contributed by atoms with Crippen molar-refractivity contribution in [2.75, 3.05) is 14.2 Å². The Kier molecular flexibility index (Phi) is 8.67. The molecule has 2 aromatic heterocycles. The van der Waals surface area contributed by atoms with E-state index in [0.29, 0.717) is 43.8 Å². The number of pyridine rings is 1. The summed E-state index contributed by atoms with van der Waals surface area (Å²) in [4.78, 5) is 4.79. The molecule has 5 rings (SSSR count). The van der Waals surface area contributed by atoms with Crippen LogP contribution >= 0.6 is 22.9 Å². The van der Waals surface area contributed by atoms with Crippen molar-refractivity contribution in [2.24, 2.45) is 0 Å². The molecule has 0 spiro atoms. The SMILES string of the molecule is COc1ccc(S(=O)(=O)NC(c2cc3cccc(-c4cc([C@](C)(O)C(F)(F)F)ccn4)c3s2)c2ccccc2Cl)cc1OC. The minimum absolute atomic E-state index is 0.0632. The third-order valence-corrected chi connectivity index (χ3v) is 10.2. The van der Waals surface area contributed by atoms with Gasteiger partial charge in [0, 0.05) is 32.4 Å². The maximum atomic E-state index is 13.7. The molecule has 0 aliphatic heterocycles. The van der Waals surface area contributed by atoms with Crippen molar-refractivity contribution >= 4 is 43.0 Å². The van der Waals surface area contributed by atoms with Gasteiger partial charge in [-0.25, -0.2) is 8.42 Å². The van der Waals surface area contributed by atoms with E-state index < -0.39 is 27.8 Å². The molecule has 2 atom stereocenters. The van der Waals surface area contributed by atoms with E-state index in [0.717, 1.165) is 6.07 Å². The maximum absolute atomic E-state index is 13.7. The molecule has 0 fully saturated rings. The molecule has 44 heavy (non-hydrogen) atoms. The fraction of sp³-hybridized carbons (Fsp3) is 0.194. The lowest BCUT2D eigenvalue weighted by Crippen LogP contribution is -2.39. The summed E-state index contributed by atoms with van der Waals surface area (Å²) in [5.74, 6) is 0.593. The summed E-state index contributed by atoms with van der Waals surface area (Å²) < 4.78 is 82.1. The number of thiophene rings is 1. The molecule has 0 aliphatic carbocycles. The summed E-state index contributed by atoms with van der Waals surface area (Å²) in [7, 11) is -1.31. The normalized spacial score (nSPS) is 14.3. The predicted molar refractivity (Wildman–Crippen MR) is 164 cm³/mol. The zero-order valence-electron chi connectivity index (χ0n) is 23.5.